The Kier molecular flexibility index (Phi) is 23.6. The molecule has 6 rings (SSSR count). The summed E-state index contributed by atoms with van der Waals surface area (Å²) in [6.45, 7) is 32.5. The summed E-state index contributed by atoms with van der Waals surface area (Å²) >= 11 is 0. The Labute approximate surface area is 436 Å². The highest BCUT2D eigenvalue weighted by Gasteiger charge is 2.25. The van der Waals surface area contributed by atoms with Crippen LogP contribution in [0.2, 0.25) is 0 Å². The summed E-state index contributed by atoms with van der Waals surface area (Å²) in [5.74, 6) is 1.45. The van der Waals surface area contributed by atoms with Gasteiger partial charge in [0.15, 0.2) is 0 Å². The van der Waals surface area contributed by atoms with Gasteiger partial charge in [-0.3, -0.25) is 29.4 Å². The SMILES string of the molecule is CCCc1cc(N2CCN(CCCCn3cc(CC)c(=O)[nH]c3=O)CC2)nc(C(C)(C)C)n1.CCCc1cc(N2CCN(CCCCn3cc(CC)c(=O)[nH]c3=O)CC2)nc(C(C)(C)C)n1.O=C(O)C=CC(=O)O. The smallest absolute Gasteiger partial charge is 0.328 e. The monoisotopic (exact) mass is 1030 g/mol. The molecule has 0 atom stereocenters. The number of unbranched alkanes of at least 4 members (excludes halogenated alkanes) is 2. The zero-order chi connectivity index (χ0) is 54.6. The third kappa shape index (κ3) is 19.5. The molecule has 0 bridgehead atoms. The molecule has 4 N–H and O–H groups in total. The second kappa shape index (κ2) is 29.0. The van der Waals surface area contributed by atoms with Crippen molar-refractivity contribution in [1.82, 2.24) is 48.8 Å². The second-order valence-corrected chi connectivity index (χ2v) is 21.1. The molecule has 0 amide bonds. The Hall–Kier alpha value is -6.28. The molecule has 408 valence electrons. The number of aryl methyl sites for hydroxylation is 6. The van der Waals surface area contributed by atoms with E-state index in [1.807, 2.05) is 13.8 Å². The number of piperazine rings is 2. The molecule has 0 saturated carbocycles. The van der Waals surface area contributed by atoms with Crippen LogP contribution in [-0.4, -0.2) is 136 Å². The Morgan fingerprint density at radius 2 is 0.878 bits per heavy atom. The van der Waals surface area contributed by atoms with Gasteiger partial charge in [-0.15, -0.1) is 0 Å². The topological polar surface area (TPSA) is 249 Å². The number of anilines is 2. The average Bonchev–Trinajstić information content (AvgIpc) is 3.35. The van der Waals surface area contributed by atoms with Crippen molar-refractivity contribution in [3.8, 4) is 0 Å². The van der Waals surface area contributed by atoms with Crippen LogP contribution in [0, 0.1) is 0 Å². The normalized spacial score (nSPS) is 14.6. The van der Waals surface area contributed by atoms with Crippen LogP contribution in [0.25, 0.3) is 0 Å². The van der Waals surface area contributed by atoms with E-state index in [0.717, 1.165) is 151 Å². The number of aliphatic carboxylic acids is 2. The number of aromatic nitrogens is 8. The van der Waals surface area contributed by atoms with Gasteiger partial charge in [-0.05, 0) is 64.5 Å². The van der Waals surface area contributed by atoms with Crippen molar-refractivity contribution in [3.05, 3.63) is 113 Å². The van der Waals surface area contributed by atoms with Crippen LogP contribution in [-0.2, 0) is 59.2 Å². The standard InChI is InChI=1S/2C25H40N6O2.C4H4O4/c2*1-6-10-20-17-21(27-23(26-20)25(3,4)5)30-15-13-29(14-16-30)11-8-9-12-31-18-19(7-2)22(32)28-24(31)33;5-3(6)1-2-4(7)8/h2*17-18H,6-16H2,1-5H3,(H,28,32,33);1-2H,(H,5,6)(H,7,8). The highest BCUT2D eigenvalue weighted by molar-refractivity contribution is 5.89. The summed E-state index contributed by atoms with van der Waals surface area (Å²) in [5.41, 5.74) is 2.31. The van der Waals surface area contributed by atoms with Gasteiger partial charge >= 0.3 is 23.3 Å². The fourth-order valence-electron chi connectivity index (χ4n) is 8.45. The Balaban J connectivity index is 0.000000279. The lowest BCUT2D eigenvalue weighted by molar-refractivity contribution is -0.134. The quantitative estimate of drug-likeness (QED) is 0.0657. The molecule has 20 heteroatoms. The van der Waals surface area contributed by atoms with Crippen LogP contribution in [0.3, 0.4) is 0 Å². The number of nitrogens with one attached hydrogen (secondary N) is 2. The largest absolute Gasteiger partial charge is 0.478 e. The van der Waals surface area contributed by atoms with Gasteiger partial charge < -0.3 is 29.1 Å². The average molecular weight is 1030 g/mol. The minimum Gasteiger partial charge on any atom is -0.478 e. The van der Waals surface area contributed by atoms with Crippen LogP contribution < -0.4 is 32.3 Å². The number of hydrogen-bond donors (Lipinski definition) is 4. The number of carbonyl (C=O) groups is 2. The predicted octanol–water partition coefficient (Wildman–Crippen LogP) is 5.19. The van der Waals surface area contributed by atoms with Crippen molar-refractivity contribution in [1.29, 1.82) is 0 Å². The molecule has 4 aromatic heterocycles. The molecular formula is C54H84N12O8. The lowest BCUT2D eigenvalue weighted by atomic mass is 9.95. The summed E-state index contributed by atoms with van der Waals surface area (Å²) in [7, 11) is 0. The molecule has 2 saturated heterocycles. The summed E-state index contributed by atoms with van der Waals surface area (Å²) in [5, 5.41) is 15.6. The molecule has 0 radical (unpaired) electrons. The number of nitrogens with zero attached hydrogens (tertiary/aromatic N) is 10. The van der Waals surface area contributed by atoms with Crippen molar-refractivity contribution in [2.75, 3.05) is 75.2 Å². The Bertz CT molecular complexity index is 2510. The first-order chi connectivity index (χ1) is 35.0. The lowest BCUT2D eigenvalue weighted by Gasteiger charge is -2.36. The number of rotatable bonds is 20. The van der Waals surface area contributed by atoms with Crippen molar-refractivity contribution < 1.29 is 19.8 Å². The zero-order valence-corrected chi connectivity index (χ0v) is 45.8. The molecule has 6 heterocycles. The van der Waals surface area contributed by atoms with Crippen LogP contribution in [0.5, 0.6) is 0 Å². The van der Waals surface area contributed by atoms with Gasteiger partial charge in [0.25, 0.3) is 11.1 Å². The fourth-order valence-corrected chi connectivity index (χ4v) is 8.45. The Morgan fingerprint density at radius 3 is 1.18 bits per heavy atom. The molecular weight excluding hydrogens is 945 g/mol. The molecule has 0 spiro atoms. The van der Waals surface area contributed by atoms with Crippen LogP contribution >= 0.6 is 0 Å². The molecule has 2 aliphatic heterocycles. The van der Waals surface area contributed by atoms with Crippen LogP contribution in [0.4, 0.5) is 11.6 Å². The van der Waals surface area contributed by atoms with E-state index in [9.17, 15) is 28.8 Å². The minimum atomic E-state index is -1.26. The molecule has 74 heavy (non-hydrogen) atoms. The van der Waals surface area contributed by atoms with Crippen molar-refractivity contribution in [2.45, 2.75) is 157 Å². The second-order valence-electron chi connectivity index (χ2n) is 21.1. The molecule has 2 fully saturated rings. The van der Waals surface area contributed by atoms with Gasteiger partial charge in [-0.2, -0.15) is 0 Å². The van der Waals surface area contributed by atoms with Crippen molar-refractivity contribution in [3.63, 3.8) is 0 Å². The first-order valence-electron chi connectivity index (χ1n) is 26.6. The first kappa shape index (κ1) is 60.3. The van der Waals surface area contributed by atoms with Gasteiger partial charge in [0, 0.05) is 135 Å². The van der Waals surface area contributed by atoms with Gasteiger partial charge in [-0.1, -0.05) is 82.1 Å². The minimum absolute atomic E-state index is 0.0635. The number of aromatic amines is 2. The zero-order valence-electron chi connectivity index (χ0n) is 45.8. The third-order valence-corrected chi connectivity index (χ3v) is 12.8. The number of carboxylic acid groups (broad SMARTS) is 2. The van der Waals surface area contributed by atoms with E-state index < -0.39 is 11.9 Å². The number of H-pyrrole nitrogens is 2. The fraction of sp³-hybridized carbons (Fsp3) is 0.630. The molecule has 4 aromatic rings. The highest BCUT2D eigenvalue weighted by Crippen LogP contribution is 2.25. The van der Waals surface area contributed by atoms with E-state index in [4.69, 9.17) is 30.1 Å². The van der Waals surface area contributed by atoms with E-state index in [1.165, 1.54) is 0 Å². The first-order valence-corrected chi connectivity index (χ1v) is 26.6. The lowest BCUT2D eigenvalue weighted by Crippen LogP contribution is -2.47. The summed E-state index contributed by atoms with van der Waals surface area (Å²) < 4.78 is 3.27. The third-order valence-electron chi connectivity index (χ3n) is 12.8. The number of carboxylic acids is 2. The Morgan fingerprint density at radius 1 is 0.541 bits per heavy atom. The predicted molar refractivity (Wildman–Crippen MR) is 291 cm³/mol. The molecule has 0 aromatic carbocycles. The van der Waals surface area contributed by atoms with Crippen molar-refractivity contribution >= 4 is 23.6 Å². The van der Waals surface area contributed by atoms with Crippen molar-refractivity contribution in [2.24, 2.45) is 0 Å². The number of hydrogen-bond acceptors (Lipinski definition) is 14. The van der Waals surface area contributed by atoms with E-state index in [2.05, 4.69) is 97.1 Å². The summed E-state index contributed by atoms with van der Waals surface area (Å²) in [6, 6.07) is 4.34. The highest BCUT2D eigenvalue weighted by atomic mass is 16.4. The molecule has 2 aliphatic rings. The summed E-state index contributed by atoms with van der Waals surface area (Å²) in [4.78, 5) is 101. The molecule has 0 unspecified atom stereocenters. The molecule has 20 nitrogen and oxygen atoms in total. The van der Waals surface area contributed by atoms with E-state index in [-0.39, 0.29) is 33.3 Å². The molecule has 0 aliphatic carbocycles. The van der Waals surface area contributed by atoms with Gasteiger partial charge in [0.05, 0.1) is 0 Å². The van der Waals surface area contributed by atoms with Gasteiger partial charge in [-0.25, -0.2) is 39.1 Å². The maximum absolute atomic E-state index is 12.0. The maximum atomic E-state index is 12.0. The van der Waals surface area contributed by atoms with E-state index in [1.54, 1.807) is 21.5 Å². The van der Waals surface area contributed by atoms with E-state index >= 15 is 0 Å². The van der Waals surface area contributed by atoms with Gasteiger partial charge in [0.2, 0.25) is 0 Å². The van der Waals surface area contributed by atoms with Crippen LogP contribution in [0.1, 0.15) is 142 Å². The van der Waals surface area contributed by atoms with E-state index in [0.29, 0.717) is 49.2 Å². The van der Waals surface area contributed by atoms with Gasteiger partial charge in [0.1, 0.15) is 23.3 Å². The van der Waals surface area contributed by atoms with Crippen LogP contribution in [0.15, 0.2) is 55.9 Å². The summed E-state index contributed by atoms with van der Waals surface area (Å²) in [6.07, 6.45) is 13.8. The maximum Gasteiger partial charge on any atom is 0.328 e.